The fourth-order valence-corrected chi connectivity index (χ4v) is 3.83. The number of aromatic nitrogens is 2. The maximum atomic E-state index is 4.74. The average Bonchev–Trinajstić information content (AvgIpc) is 2.97. The first-order chi connectivity index (χ1) is 8.74. The summed E-state index contributed by atoms with van der Waals surface area (Å²) in [6.07, 6.45) is 0. The van der Waals surface area contributed by atoms with Gasteiger partial charge in [-0.2, -0.15) is 0 Å². The summed E-state index contributed by atoms with van der Waals surface area (Å²) in [5.74, 6) is 0. The van der Waals surface area contributed by atoms with Gasteiger partial charge in [0.15, 0.2) is 5.13 Å². The van der Waals surface area contributed by atoms with E-state index < -0.39 is 0 Å². The van der Waals surface area contributed by atoms with Crippen LogP contribution in [0.3, 0.4) is 0 Å². The van der Waals surface area contributed by atoms with Crippen LogP contribution in [0.1, 0.15) is 9.88 Å². The van der Waals surface area contributed by atoms with Gasteiger partial charge in [-0.15, -0.1) is 22.7 Å². The molecule has 1 aliphatic rings. The molecule has 0 unspecified atom stereocenters. The lowest BCUT2D eigenvalue weighted by Crippen LogP contribution is -2.43. The molecule has 0 bridgehead atoms. The van der Waals surface area contributed by atoms with Crippen LogP contribution in [0.2, 0.25) is 0 Å². The minimum absolute atomic E-state index is 1.02. The van der Waals surface area contributed by atoms with Gasteiger partial charge in [0.25, 0.3) is 0 Å². The summed E-state index contributed by atoms with van der Waals surface area (Å²) in [5.41, 5.74) is 2.07. The van der Waals surface area contributed by atoms with Gasteiger partial charge in [0.2, 0.25) is 0 Å². The van der Waals surface area contributed by atoms with Gasteiger partial charge in [-0.25, -0.2) is 9.97 Å². The summed E-state index contributed by atoms with van der Waals surface area (Å²) in [4.78, 5) is 12.9. The average molecular weight is 280 g/mol. The third-order valence-corrected chi connectivity index (χ3v) is 4.81. The topological polar surface area (TPSA) is 41.1 Å². The molecule has 1 N–H and O–H groups in total. The van der Waals surface area contributed by atoms with Crippen LogP contribution >= 0.6 is 22.7 Å². The van der Waals surface area contributed by atoms with E-state index in [9.17, 15) is 0 Å². The first kappa shape index (κ1) is 12.1. The van der Waals surface area contributed by atoms with E-state index >= 15 is 0 Å². The SMILES string of the molecule is Cc1nc(-c2csc(N3CCNCC3)n2)c(C)s1. The molecule has 2 aromatic rings. The van der Waals surface area contributed by atoms with E-state index in [1.807, 2.05) is 6.92 Å². The number of aryl methyl sites for hydroxylation is 2. The zero-order valence-corrected chi connectivity index (χ0v) is 12.2. The molecule has 0 aromatic carbocycles. The van der Waals surface area contributed by atoms with Gasteiger partial charge < -0.3 is 10.2 Å². The Labute approximate surface area is 115 Å². The molecule has 3 heterocycles. The summed E-state index contributed by atoms with van der Waals surface area (Å²) < 4.78 is 0. The summed E-state index contributed by atoms with van der Waals surface area (Å²) >= 11 is 3.46. The third-order valence-electron chi connectivity index (χ3n) is 3.03. The number of nitrogens with one attached hydrogen (secondary N) is 1. The van der Waals surface area contributed by atoms with Crippen LogP contribution in [0, 0.1) is 13.8 Å². The largest absolute Gasteiger partial charge is 0.346 e. The number of thiazole rings is 2. The van der Waals surface area contributed by atoms with Crippen molar-refractivity contribution in [2.75, 3.05) is 31.1 Å². The lowest BCUT2D eigenvalue weighted by molar-refractivity contribution is 0.588. The molecule has 0 atom stereocenters. The molecule has 0 aliphatic carbocycles. The Morgan fingerprint density at radius 2 is 2.00 bits per heavy atom. The second kappa shape index (κ2) is 4.95. The minimum atomic E-state index is 1.02. The first-order valence-electron chi connectivity index (χ1n) is 6.09. The molecular formula is C12H16N4S2. The van der Waals surface area contributed by atoms with Gasteiger partial charge in [0.05, 0.1) is 5.01 Å². The summed E-state index contributed by atoms with van der Waals surface area (Å²) in [6.45, 7) is 8.34. The van der Waals surface area contributed by atoms with Gasteiger partial charge in [0.1, 0.15) is 11.4 Å². The van der Waals surface area contributed by atoms with Crippen LogP contribution < -0.4 is 10.2 Å². The Kier molecular flexibility index (Phi) is 3.32. The number of nitrogens with zero attached hydrogens (tertiary/aromatic N) is 3. The molecule has 0 radical (unpaired) electrons. The van der Waals surface area contributed by atoms with Gasteiger partial charge >= 0.3 is 0 Å². The summed E-state index contributed by atoms with van der Waals surface area (Å²) in [7, 11) is 0. The fraction of sp³-hybridized carbons (Fsp3) is 0.500. The Morgan fingerprint density at radius 3 is 2.67 bits per heavy atom. The molecule has 18 heavy (non-hydrogen) atoms. The molecule has 0 amide bonds. The minimum Gasteiger partial charge on any atom is -0.346 e. The second-order valence-corrected chi connectivity index (χ2v) is 6.63. The Hall–Kier alpha value is -0.980. The Bertz CT molecular complexity index is 540. The molecule has 0 spiro atoms. The zero-order valence-electron chi connectivity index (χ0n) is 10.6. The number of anilines is 1. The van der Waals surface area contributed by atoms with Gasteiger partial charge in [-0.3, -0.25) is 0 Å². The summed E-state index contributed by atoms with van der Waals surface area (Å²) in [6, 6.07) is 0. The van der Waals surface area contributed by atoms with Gasteiger partial charge in [0, 0.05) is 36.4 Å². The molecule has 96 valence electrons. The molecule has 3 rings (SSSR count). The smallest absolute Gasteiger partial charge is 0.186 e. The second-order valence-electron chi connectivity index (χ2n) is 4.39. The highest BCUT2D eigenvalue weighted by atomic mass is 32.1. The quantitative estimate of drug-likeness (QED) is 0.916. The summed E-state index contributed by atoms with van der Waals surface area (Å²) in [5, 5.41) is 7.72. The fourth-order valence-electron chi connectivity index (χ4n) is 2.14. The van der Waals surface area contributed by atoms with Crippen molar-refractivity contribution in [2.24, 2.45) is 0 Å². The molecule has 4 nitrogen and oxygen atoms in total. The molecule has 0 saturated carbocycles. The zero-order chi connectivity index (χ0) is 12.5. The van der Waals surface area contributed by atoms with Crippen LogP contribution in [-0.2, 0) is 0 Å². The van der Waals surface area contributed by atoms with E-state index in [1.54, 1.807) is 22.7 Å². The molecular weight excluding hydrogens is 264 g/mol. The predicted octanol–water partition coefficient (Wildman–Crippen LogP) is 2.29. The molecule has 1 saturated heterocycles. The molecule has 6 heteroatoms. The van der Waals surface area contributed by atoms with E-state index in [4.69, 9.17) is 4.98 Å². The van der Waals surface area contributed by atoms with Crippen LogP contribution in [0.4, 0.5) is 5.13 Å². The maximum absolute atomic E-state index is 4.74. The Balaban J connectivity index is 1.86. The number of rotatable bonds is 2. The monoisotopic (exact) mass is 280 g/mol. The van der Waals surface area contributed by atoms with Crippen molar-refractivity contribution in [1.29, 1.82) is 0 Å². The molecule has 1 aliphatic heterocycles. The van der Waals surface area contributed by atoms with Crippen LogP contribution in [0.25, 0.3) is 11.4 Å². The van der Waals surface area contributed by atoms with Crippen molar-refractivity contribution in [3.63, 3.8) is 0 Å². The van der Waals surface area contributed by atoms with Crippen molar-refractivity contribution in [1.82, 2.24) is 15.3 Å². The van der Waals surface area contributed by atoms with E-state index in [-0.39, 0.29) is 0 Å². The third kappa shape index (κ3) is 2.28. The van der Waals surface area contributed by atoms with Crippen LogP contribution in [0.5, 0.6) is 0 Å². The van der Waals surface area contributed by atoms with Crippen molar-refractivity contribution in [2.45, 2.75) is 13.8 Å². The lowest BCUT2D eigenvalue weighted by Gasteiger charge is -2.26. The van der Waals surface area contributed by atoms with Crippen LogP contribution in [0.15, 0.2) is 5.38 Å². The standard InChI is InChI=1S/C12H16N4S2/c1-8-11(14-9(2)18-8)10-7-17-12(15-10)16-5-3-13-4-6-16/h7,13H,3-6H2,1-2H3. The highest BCUT2D eigenvalue weighted by Crippen LogP contribution is 2.31. The van der Waals surface area contributed by atoms with E-state index in [2.05, 4.69) is 27.5 Å². The van der Waals surface area contributed by atoms with Crippen molar-refractivity contribution >= 4 is 27.8 Å². The molecule has 2 aromatic heterocycles. The van der Waals surface area contributed by atoms with E-state index in [0.29, 0.717) is 0 Å². The van der Waals surface area contributed by atoms with Gasteiger partial charge in [-0.05, 0) is 13.8 Å². The molecule has 1 fully saturated rings. The van der Waals surface area contributed by atoms with E-state index in [0.717, 1.165) is 47.7 Å². The van der Waals surface area contributed by atoms with E-state index in [1.165, 1.54) is 4.88 Å². The normalized spacial score (nSPS) is 16.2. The van der Waals surface area contributed by atoms with Gasteiger partial charge in [-0.1, -0.05) is 0 Å². The van der Waals surface area contributed by atoms with Crippen molar-refractivity contribution in [3.05, 3.63) is 15.3 Å². The van der Waals surface area contributed by atoms with Crippen molar-refractivity contribution < 1.29 is 0 Å². The predicted molar refractivity (Wildman–Crippen MR) is 77.8 cm³/mol. The highest BCUT2D eigenvalue weighted by Gasteiger charge is 2.16. The van der Waals surface area contributed by atoms with Crippen LogP contribution in [-0.4, -0.2) is 36.1 Å². The van der Waals surface area contributed by atoms with Crippen molar-refractivity contribution in [3.8, 4) is 11.4 Å². The maximum Gasteiger partial charge on any atom is 0.186 e. The first-order valence-corrected chi connectivity index (χ1v) is 7.79. The Morgan fingerprint density at radius 1 is 1.22 bits per heavy atom. The highest BCUT2D eigenvalue weighted by molar-refractivity contribution is 7.14. The lowest BCUT2D eigenvalue weighted by atomic mass is 10.3. The number of hydrogen-bond donors (Lipinski definition) is 1. The number of hydrogen-bond acceptors (Lipinski definition) is 6. The number of piperazine rings is 1.